The van der Waals surface area contributed by atoms with E-state index in [0.717, 1.165) is 0 Å². The standard InChI is InChI=1S/C28H24ClN3O5/c1-3-22(26(34)31-19-14-10-17(11-15-19)25(30)33)37-28(36)24-23(16-8-12-18(29)13-9-16)20-6-4-5-7-21(20)27(35)32(24)2/h4-15,22H,3H2,1-2H3,(H2,30,33)(H,31,34). The summed E-state index contributed by atoms with van der Waals surface area (Å²) >= 11 is 6.08. The Morgan fingerprint density at radius 3 is 2.19 bits per heavy atom. The molecule has 1 unspecified atom stereocenters. The SMILES string of the molecule is CCC(OC(=O)c1c(-c2ccc(Cl)cc2)c2ccccc2c(=O)n1C)C(=O)Nc1ccc(C(N)=O)cc1. The zero-order valence-corrected chi connectivity index (χ0v) is 20.9. The number of benzene rings is 3. The maximum absolute atomic E-state index is 13.5. The molecule has 8 nitrogen and oxygen atoms in total. The molecule has 0 aliphatic rings. The molecule has 1 atom stereocenters. The summed E-state index contributed by atoms with van der Waals surface area (Å²) in [6.45, 7) is 1.70. The van der Waals surface area contributed by atoms with Crippen LogP contribution in [0.4, 0.5) is 5.69 Å². The monoisotopic (exact) mass is 517 g/mol. The molecule has 1 heterocycles. The molecule has 188 valence electrons. The number of rotatable bonds is 7. The topological polar surface area (TPSA) is 120 Å². The van der Waals surface area contributed by atoms with Crippen LogP contribution in [-0.4, -0.2) is 28.5 Å². The van der Waals surface area contributed by atoms with Gasteiger partial charge in [0.05, 0.1) is 0 Å². The number of fused-ring (bicyclic) bond motifs is 1. The minimum atomic E-state index is -1.14. The number of nitrogens with one attached hydrogen (secondary N) is 1. The van der Waals surface area contributed by atoms with E-state index in [1.54, 1.807) is 55.5 Å². The quantitative estimate of drug-likeness (QED) is 0.349. The molecule has 4 rings (SSSR count). The Labute approximate surface area is 217 Å². The van der Waals surface area contributed by atoms with Crippen molar-refractivity contribution in [3.8, 4) is 11.1 Å². The summed E-state index contributed by atoms with van der Waals surface area (Å²) < 4.78 is 6.88. The van der Waals surface area contributed by atoms with Gasteiger partial charge in [-0.25, -0.2) is 4.79 Å². The fraction of sp³-hybridized carbons (Fsp3) is 0.143. The first-order valence-electron chi connectivity index (χ1n) is 11.5. The maximum atomic E-state index is 13.5. The molecule has 0 aliphatic carbocycles. The van der Waals surface area contributed by atoms with Crippen molar-refractivity contribution in [3.05, 3.63) is 99.4 Å². The van der Waals surface area contributed by atoms with E-state index >= 15 is 0 Å². The molecule has 1 aromatic heterocycles. The molecule has 4 aromatic rings. The van der Waals surface area contributed by atoms with Gasteiger partial charge < -0.3 is 20.4 Å². The van der Waals surface area contributed by atoms with Crippen molar-refractivity contribution < 1.29 is 19.1 Å². The minimum Gasteiger partial charge on any atom is -0.448 e. The van der Waals surface area contributed by atoms with Crippen molar-refractivity contribution >= 4 is 45.8 Å². The number of pyridine rings is 1. The van der Waals surface area contributed by atoms with Crippen LogP contribution in [0, 0.1) is 0 Å². The van der Waals surface area contributed by atoms with Crippen LogP contribution in [0.1, 0.15) is 34.2 Å². The Morgan fingerprint density at radius 1 is 0.973 bits per heavy atom. The van der Waals surface area contributed by atoms with Gasteiger partial charge in [0, 0.05) is 34.3 Å². The maximum Gasteiger partial charge on any atom is 0.356 e. The third-order valence-corrected chi connectivity index (χ3v) is 6.23. The highest BCUT2D eigenvalue weighted by Gasteiger charge is 2.28. The lowest BCUT2D eigenvalue weighted by atomic mass is 9.96. The third-order valence-electron chi connectivity index (χ3n) is 5.98. The first kappa shape index (κ1) is 25.7. The Bertz CT molecular complexity index is 1560. The molecule has 0 bridgehead atoms. The second kappa shape index (κ2) is 10.7. The van der Waals surface area contributed by atoms with Crippen LogP contribution in [0.15, 0.2) is 77.6 Å². The number of esters is 1. The Kier molecular flexibility index (Phi) is 7.40. The van der Waals surface area contributed by atoms with Crippen LogP contribution in [0.25, 0.3) is 21.9 Å². The van der Waals surface area contributed by atoms with Crippen LogP contribution < -0.4 is 16.6 Å². The molecule has 0 aliphatic heterocycles. The molecular weight excluding hydrogens is 494 g/mol. The number of anilines is 1. The lowest BCUT2D eigenvalue weighted by Gasteiger charge is -2.20. The van der Waals surface area contributed by atoms with Crippen molar-refractivity contribution in [2.75, 3.05) is 5.32 Å². The third kappa shape index (κ3) is 5.24. The number of hydrogen-bond donors (Lipinski definition) is 2. The number of primary amides is 1. The van der Waals surface area contributed by atoms with E-state index in [2.05, 4.69) is 5.32 Å². The van der Waals surface area contributed by atoms with E-state index < -0.39 is 23.9 Å². The number of halogens is 1. The molecule has 0 saturated heterocycles. The van der Waals surface area contributed by atoms with Crippen molar-refractivity contribution in [2.45, 2.75) is 19.4 Å². The van der Waals surface area contributed by atoms with Crippen molar-refractivity contribution in [1.82, 2.24) is 4.57 Å². The zero-order chi connectivity index (χ0) is 26.7. The minimum absolute atomic E-state index is 0.0167. The second-order valence-electron chi connectivity index (χ2n) is 8.37. The predicted molar refractivity (Wildman–Crippen MR) is 143 cm³/mol. The molecule has 0 spiro atoms. The molecule has 37 heavy (non-hydrogen) atoms. The summed E-state index contributed by atoms with van der Waals surface area (Å²) in [7, 11) is 1.49. The second-order valence-corrected chi connectivity index (χ2v) is 8.81. The molecule has 3 aromatic carbocycles. The highest BCUT2D eigenvalue weighted by Crippen LogP contribution is 2.32. The van der Waals surface area contributed by atoms with Gasteiger partial charge in [-0.3, -0.25) is 14.4 Å². The van der Waals surface area contributed by atoms with E-state index in [4.69, 9.17) is 22.1 Å². The summed E-state index contributed by atoms with van der Waals surface area (Å²) in [6, 6.07) is 19.9. The number of amides is 2. The molecule has 0 saturated carbocycles. The number of hydrogen-bond acceptors (Lipinski definition) is 5. The van der Waals surface area contributed by atoms with Gasteiger partial charge >= 0.3 is 5.97 Å². The number of carbonyl (C=O) groups is 3. The van der Waals surface area contributed by atoms with Crippen LogP contribution >= 0.6 is 11.6 Å². The van der Waals surface area contributed by atoms with Crippen molar-refractivity contribution in [2.24, 2.45) is 12.8 Å². The molecule has 3 N–H and O–H groups in total. The highest BCUT2D eigenvalue weighted by molar-refractivity contribution is 6.30. The number of nitrogens with two attached hydrogens (primary N) is 1. The fourth-order valence-electron chi connectivity index (χ4n) is 4.06. The fourth-order valence-corrected chi connectivity index (χ4v) is 4.19. The van der Waals surface area contributed by atoms with E-state index in [1.807, 2.05) is 0 Å². The first-order valence-corrected chi connectivity index (χ1v) is 11.9. The van der Waals surface area contributed by atoms with Gasteiger partial charge in [-0.1, -0.05) is 48.9 Å². The zero-order valence-electron chi connectivity index (χ0n) is 20.2. The summed E-state index contributed by atoms with van der Waals surface area (Å²) in [4.78, 5) is 50.8. The molecule has 9 heteroatoms. The summed E-state index contributed by atoms with van der Waals surface area (Å²) in [5.74, 6) is -1.96. The lowest BCUT2D eigenvalue weighted by molar-refractivity contribution is -0.124. The Hall–Kier alpha value is -4.43. The predicted octanol–water partition coefficient (Wildman–Crippen LogP) is 4.53. The molecule has 0 fully saturated rings. The van der Waals surface area contributed by atoms with Gasteiger partial charge in [-0.15, -0.1) is 0 Å². The van der Waals surface area contributed by atoms with E-state index in [-0.39, 0.29) is 17.7 Å². The van der Waals surface area contributed by atoms with Crippen LogP contribution in [0.3, 0.4) is 0 Å². The van der Waals surface area contributed by atoms with Crippen LogP contribution in [-0.2, 0) is 16.6 Å². The Balaban J connectivity index is 1.71. The van der Waals surface area contributed by atoms with Gasteiger partial charge in [0.25, 0.3) is 11.5 Å². The highest BCUT2D eigenvalue weighted by atomic mass is 35.5. The normalized spacial score (nSPS) is 11.6. The average Bonchev–Trinajstić information content (AvgIpc) is 2.90. The smallest absolute Gasteiger partial charge is 0.356 e. The van der Waals surface area contributed by atoms with Gasteiger partial charge in [-0.2, -0.15) is 0 Å². The largest absolute Gasteiger partial charge is 0.448 e. The van der Waals surface area contributed by atoms with Gasteiger partial charge in [0.2, 0.25) is 5.91 Å². The lowest BCUT2D eigenvalue weighted by Crippen LogP contribution is -2.34. The number of ether oxygens (including phenoxy) is 1. The molecular formula is C28H24ClN3O5. The van der Waals surface area contributed by atoms with E-state index in [1.165, 1.54) is 35.9 Å². The summed E-state index contributed by atoms with van der Waals surface area (Å²) in [5.41, 5.74) is 6.76. The van der Waals surface area contributed by atoms with Crippen LogP contribution in [0.2, 0.25) is 5.02 Å². The number of nitrogens with zero attached hydrogens (tertiary/aromatic N) is 1. The molecule has 2 amide bonds. The summed E-state index contributed by atoms with van der Waals surface area (Å²) in [5, 5.41) is 4.21. The first-order chi connectivity index (χ1) is 17.7. The number of carbonyl (C=O) groups excluding carboxylic acids is 3. The van der Waals surface area contributed by atoms with E-state index in [0.29, 0.717) is 38.2 Å². The Morgan fingerprint density at radius 2 is 1.59 bits per heavy atom. The van der Waals surface area contributed by atoms with Gasteiger partial charge in [-0.05, 0) is 59.8 Å². The summed E-state index contributed by atoms with van der Waals surface area (Å²) in [6.07, 6.45) is -0.947. The van der Waals surface area contributed by atoms with Crippen LogP contribution in [0.5, 0.6) is 0 Å². The van der Waals surface area contributed by atoms with E-state index in [9.17, 15) is 19.2 Å². The van der Waals surface area contributed by atoms with Gasteiger partial charge in [0.1, 0.15) is 5.69 Å². The number of aromatic nitrogens is 1. The van der Waals surface area contributed by atoms with Crippen molar-refractivity contribution in [3.63, 3.8) is 0 Å². The average molecular weight is 518 g/mol. The van der Waals surface area contributed by atoms with Gasteiger partial charge in [0.15, 0.2) is 6.10 Å². The van der Waals surface area contributed by atoms with Crippen molar-refractivity contribution in [1.29, 1.82) is 0 Å². The molecule has 0 radical (unpaired) electrons.